The molecule has 1 amide bonds. The molecule has 1 aliphatic rings. The summed E-state index contributed by atoms with van der Waals surface area (Å²) in [6.07, 6.45) is 0. The smallest absolute Gasteiger partial charge is 0.282 e. The first-order valence-corrected chi connectivity index (χ1v) is 8.18. The summed E-state index contributed by atoms with van der Waals surface area (Å²) in [4.78, 5) is 13.5. The first-order chi connectivity index (χ1) is 11.5. The molecule has 1 unspecified atom stereocenters. The highest BCUT2D eigenvalue weighted by Crippen LogP contribution is 2.32. The third-order valence-electron chi connectivity index (χ3n) is 4.16. The van der Waals surface area contributed by atoms with E-state index in [4.69, 9.17) is 21.1 Å². The van der Waals surface area contributed by atoms with E-state index in [0.717, 1.165) is 27.6 Å². The third-order valence-corrected chi connectivity index (χ3v) is 4.42. The fourth-order valence-corrected chi connectivity index (χ4v) is 2.66. The van der Waals surface area contributed by atoms with Gasteiger partial charge in [-0.2, -0.15) is 0 Å². The second kappa shape index (κ2) is 7.11. The van der Waals surface area contributed by atoms with Gasteiger partial charge in [-0.15, -0.1) is 0 Å². The van der Waals surface area contributed by atoms with Crippen molar-refractivity contribution in [1.82, 2.24) is 0 Å². The number of carbonyl (C=O) groups is 1. The summed E-state index contributed by atoms with van der Waals surface area (Å²) in [6, 6.07) is 12.8. The average Bonchev–Trinajstić information content (AvgIpc) is 3.03. The van der Waals surface area contributed by atoms with Gasteiger partial charge in [-0.05, 0) is 49.4 Å². The van der Waals surface area contributed by atoms with Crippen molar-refractivity contribution in [3.05, 3.63) is 53.1 Å². The number of anilines is 1. The van der Waals surface area contributed by atoms with Crippen molar-refractivity contribution in [3.63, 3.8) is 0 Å². The van der Waals surface area contributed by atoms with E-state index in [1.807, 2.05) is 32.2 Å². The SMILES string of the molecule is C[C@@H](C(=O)Nc1ccc(Cl)cc1)[NH+](C)Cc1ccc2c(c1)OCO2. The number of nitrogens with one attached hydrogen (secondary N) is 2. The van der Waals surface area contributed by atoms with Crippen molar-refractivity contribution >= 4 is 23.2 Å². The molecular weight excluding hydrogens is 328 g/mol. The van der Waals surface area contributed by atoms with Gasteiger partial charge in [0.1, 0.15) is 6.54 Å². The summed E-state index contributed by atoms with van der Waals surface area (Å²) in [5.74, 6) is 1.50. The minimum Gasteiger partial charge on any atom is -0.454 e. The van der Waals surface area contributed by atoms with Gasteiger partial charge in [0.2, 0.25) is 6.79 Å². The van der Waals surface area contributed by atoms with Crippen LogP contribution in [0.15, 0.2) is 42.5 Å². The van der Waals surface area contributed by atoms with E-state index in [-0.39, 0.29) is 18.7 Å². The van der Waals surface area contributed by atoms with Crippen LogP contribution in [-0.2, 0) is 11.3 Å². The van der Waals surface area contributed by atoms with Gasteiger partial charge in [0, 0.05) is 16.3 Å². The van der Waals surface area contributed by atoms with Crippen molar-refractivity contribution in [2.75, 3.05) is 19.2 Å². The van der Waals surface area contributed by atoms with E-state index < -0.39 is 0 Å². The molecule has 1 aliphatic heterocycles. The zero-order valence-electron chi connectivity index (χ0n) is 13.6. The van der Waals surface area contributed by atoms with E-state index in [1.54, 1.807) is 24.3 Å². The van der Waals surface area contributed by atoms with Crippen LogP contribution in [-0.4, -0.2) is 25.8 Å². The third kappa shape index (κ3) is 3.80. The second-order valence-electron chi connectivity index (χ2n) is 5.93. The van der Waals surface area contributed by atoms with E-state index in [9.17, 15) is 4.79 Å². The fourth-order valence-electron chi connectivity index (χ4n) is 2.53. The van der Waals surface area contributed by atoms with Gasteiger partial charge >= 0.3 is 0 Å². The molecule has 24 heavy (non-hydrogen) atoms. The normalized spacial score (nSPS) is 15.0. The summed E-state index contributed by atoms with van der Waals surface area (Å²) in [5.41, 5.74) is 1.84. The molecule has 2 aromatic carbocycles. The molecular formula is C18H20ClN2O3+. The minimum atomic E-state index is -0.203. The number of benzene rings is 2. The summed E-state index contributed by atoms with van der Waals surface area (Å²) in [6.45, 7) is 2.89. The molecule has 2 N–H and O–H groups in total. The lowest BCUT2D eigenvalue weighted by Crippen LogP contribution is -3.12. The Kier molecular flexibility index (Phi) is 4.92. The number of likely N-dealkylation sites (N-methyl/N-ethyl adjacent to an activating group) is 1. The number of hydrogen-bond donors (Lipinski definition) is 2. The minimum absolute atomic E-state index is 0.0319. The maximum Gasteiger partial charge on any atom is 0.282 e. The van der Waals surface area contributed by atoms with Gasteiger partial charge in [0.15, 0.2) is 17.5 Å². The van der Waals surface area contributed by atoms with Crippen molar-refractivity contribution < 1.29 is 19.2 Å². The lowest BCUT2D eigenvalue weighted by Gasteiger charge is -2.21. The van der Waals surface area contributed by atoms with Gasteiger partial charge in [-0.25, -0.2) is 0 Å². The number of fused-ring (bicyclic) bond motifs is 1. The molecule has 0 aromatic heterocycles. The zero-order chi connectivity index (χ0) is 17.1. The molecule has 0 saturated carbocycles. The molecule has 5 nitrogen and oxygen atoms in total. The molecule has 0 spiro atoms. The lowest BCUT2D eigenvalue weighted by molar-refractivity contribution is -0.907. The first-order valence-electron chi connectivity index (χ1n) is 7.80. The number of halogens is 1. The highest BCUT2D eigenvalue weighted by molar-refractivity contribution is 6.30. The first kappa shape index (κ1) is 16.6. The standard InChI is InChI=1S/C18H19ClN2O3/c1-12(18(22)20-15-6-4-14(19)5-7-15)21(2)10-13-3-8-16-17(9-13)24-11-23-16/h3-9,12H,10-11H2,1-2H3,(H,20,22)/p+1/t12-/m0/s1. The highest BCUT2D eigenvalue weighted by Gasteiger charge is 2.23. The Balaban J connectivity index is 1.60. The monoisotopic (exact) mass is 347 g/mol. The van der Waals surface area contributed by atoms with Crippen LogP contribution in [0, 0.1) is 0 Å². The van der Waals surface area contributed by atoms with Crippen LogP contribution in [0.5, 0.6) is 11.5 Å². The van der Waals surface area contributed by atoms with Crippen LogP contribution in [0.2, 0.25) is 5.02 Å². The van der Waals surface area contributed by atoms with Gasteiger partial charge in [-0.3, -0.25) is 4.79 Å². The van der Waals surface area contributed by atoms with E-state index in [0.29, 0.717) is 11.6 Å². The van der Waals surface area contributed by atoms with E-state index in [2.05, 4.69) is 5.32 Å². The topological polar surface area (TPSA) is 52.0 Å². The van der Waals surface area contributed by atoms with Gasteiger partial charge in [0.05, 0.1) is 7.05 Å². The predicted octanol–water partition coefficient (Wildman–Crippen LogP) is 2.11. The Morgan fingerprint density at radius 3 is 2.67 bits per heavy atom. The number of ether oxygens (including phenoxy) is 2. The van der Waals surface area contributed by atoms with Crippen LogP contribution < -0.4 is 19.7 Å². The van der Waals surface area contributed by atoms with Crippen LogP contribution in [0.4, 0.5) is 5.69 Å². The molecule has 2 atom stereocenters. The maximum atomic E-state index is 12.4. The molecule has 1 heterocycles. The van der Waals surface area contributed by atoms with Crippen LogP contribution in [0.25, 0.3) is 0 Å². The number of rotatable bonds is 5. The lowest BCUT2D eigenvalue weighted by atomic mass is 10.1. The molecule has 6 heteroatoms. The molecule has 126 valence electrons. The number of amides is 1. The molecule has 0 radical (unpaired) electrons. The van der Waals surface area contributed by atoms with Crippen molar-refractivity contribution in [2.45, 2.75) is 19.5 Å². The quantitative estimate of drug-likeness (QED) is 0.871. The fraction of sp³-hybridized carbons (Fsp3) is 0.278. The van der Waals surface area contributed by atoms with Crippen molar-refractivity contribution in [2.24, 2.45) is 0 Å². The van der Waals surface area contributed by atoms with Gasteiger partial charge < -0.3 is 19.7 Å². The maximum absolute atomic E-state index is 12.4. The zero-order valence-corrected chi connectivity index (χ0v) is 14.4. The number of quaternary nitrogens is 1. The Morgan fingerprint density at radius 1 is 1.21 bits per heavy atom. The summed E-state index contributed by atoms with van der Waals surface area (Å²) in [7, 11) is 2.00. The Bertz CT molecular complexity index is 734. The summed E-state index contributed by atoms with van der Waals surface area (Å²) in [5, 5.41) is 3.56. The second-order valence-corrected chi connectivity index (χ2v) is 6.37. The van der Waals surface area contributed by atoms with Crippen molar-refractivity contribution in [3.8, 4) is 11.5 Å². The Labute approximate surface area is 146 Å². The van der Waals surface area contributed by atoms with E-state index >= 15 is 0 Å². The van der Waals surface area contributed by atoms with Gasteiger partial charge in [-0.1, -0.05) is 11.6 Å². The summed E-state index contributed by atoms with van der Waals surface area (Å²) < 4.78 is 10.7. The van der Waals surface area contributed by atoms with E-state index in [1.165, 1.54) is 0 Å². The largest absolute Gasteiger partial charge is 0.454 e. The van der Waals surface area contributed by atoms with Crippen LogP contribution >= 0.6 is 11.6 Å². The van der Waals surface area contributed by atoms with Crippen LogP contribution in [0.3, 0.4) is 0 Å². The average molecular weight is 348 g/mol. The number of carbonyl (C=O) groups excluding carboxylic acids is 1. The molecule has 2 aromatic rings. The molecule has 0 bridgehead atoms. The highest BCUT2D eigenvalue weighted by atomic mass is 35.5. The van der Waals surface area contributed by atoms with Gasteiger partial charge in [0.25, 0.3) is 5.91 Å². The van der Waals surface area contributed by atoms with Crippen LogP contribution in [0.1, 0.15) is 12.5 Å². The Morgan fingerprint density at radius 2 is 1.92 bits per heavy atom. The Hall–Kier alpha value is -2.24. The van der Waals surface area contributed by atoms with Crippen molar-refractivity contribution in [1.29, 1.82) is 0 Å². The number of hydrogen-bond acceptors (Lipinski definition) is 3. The molecule has 0 fully saturated rings. The summed E-state index contributed by atoms with van der Waals surface area (Å²) >= 11 is 5.86. The molecule has 3 rings (SSSR count). The molecule has 0 aliphatic carbocycles. The molecule has 0 saturated heterocycles. The predicted molar refractivity (Wildman–Crippen MR) is 92.7 cm³/mol.